The summed E-state index contributed by atoms with van der Waals surface area (Å²) in [7, 11) is -2.05. The first-order valence-corrected chi connectivity index (χ1v) is 14.8. The molecule has 9 heteroatoms. The Labute approximate surface area is 230 Å². The van der Waals surface area contributed by atoms with E-state index >= 15 is 0 Å². The third kappa shape index (κ3) is 8.64. The molecular weight excluding hydrogens is 517 g/mol. The maximum Gasteiger partial charge on any atom is 0.242 e. The molecule has 3 aromatic carbocycles. The van der Waals surface area contributed by atoms with Gasteiger partial charge in [-0.15, -0.1) is 0 Å². The third-order valence-electron chi connectivity index (χ3n) is 6.57. The predicted octanol–water partition coefficient (Wildman–Crippen LogP) is 4.32. The summed E-state index contributed by atoms with van der Waals surface area (Å²) in [6, 6.07) is 21.7. The lowest BCUT2D eigenvalue weighted by Gasteiger charge is -2.31. The number of aryl methyl sites for hydroxylation is 1. The van der Waals surface area contributed by atoms with E-state index < -0.39 is 21.9 Å². The summed E-state index contributed by atoms with van der Waals surface area (Å²) in [4.78, 5) is 28.1. The molecule has 1 N–H and O–H groups in total. The Kier molecular flexibility index (Phi) is 10.6. The summed E-state index contributed by atoms with van der Waals surface area (Å²) in [6.45, 7) is 2.25. The van der Waals surface area contributed by atoms with Gasteiger partial charge in [0.15, 0.2) is 0 Å². The average Bonchev–Trinajstić information content (AvgIpc) is 2.93. The predicted molar refractivity (Wildman–Crippen MR) is 152 cm³/mol. The molecule has 3 aromatic rings. The minimum atomic E-state index is -3.57. The number of sulfonamides is 1. The van der Waals surface area contributed by atoms with Crippen molar-refractivity contribution in [2.45, 2.75) is 45.2 Å². The van der Waals surface area contributed by atoms with E-state index in [4.69, 9.17) is 0 Å². The van der Waals surface area contributed by atoms with Crippen LogP contribution in [0.15, 0.2) is 78.9 Å². The Bertz CT molecular complexity index is 1330. The van der Waals surface area contributed by atoms with Crippen LogP contribution in [0.2, 0.25) is 0 Å². The molecule has 0 aliphatic carbocycles. The highest BCUT2D eigenvalue weighted by Gasteiger charge is 2.30. The molecule has 2 amide bonds. The molecule has 0 aromatic heterocycles. The Morgan fingerprint density at radius 3 is 2.08 bits per heavy atom. The number of benzene rings is 3. The number of likely N-dealkylation sites (N-methyl/N-ethyl adjacent to an activating group) is 1. The fourth-order valence-electron chi connectivity index (χ4n) is 4.41. The monoisotopic (exact) mass is 553 g/mol. The standard InChI is InChI=1S/C30H36FN3O4S/c1-4-23-14-18-27(19-15-23)34(39(3,37)38)20-8-11-29(35)33(22-25-12-16-26(31)17-13-25)28(30(36)32-2)21-24-9-6-5-7-10-24/h5-7,9-10,12-19,28H,4,8,11,20-22H2,1-3H3,(H,32,36). The highest BCUT2D eigenvalue weighted by molar-refractivity contribution is 7.92. The van der Waals surface area contributed by atoms with Crippen LogP contribution < -0.4 is 9.62 Å². The lowest BCUT2D eigenvalue weighted by atomic mass is 10.0. The molecule has 0 heterocycles. The molecular formula is C30H36FN3O4S. The van der Waals surface area contributed by atoms with Gasteiger partial charge in [0.25, 0.3) is 0 Å². The smallest absolute Gasteiger partial charge is 0.242 e. The summed E-state index contributed by atoms with van der Waals surface area (Å²) in [5.41, 5.74) is 3.21. The van der Waals surface area contributed by atoms with Gasteiger partial charge < -0.3 is 10.2 Å². The van der Waals surface area contributed by atoms with Crippen molar-refractivity contribution in [3.63, 3.8) is 0 Å². The zero-order valence-corrected chi connectivity index (χ0v) is 23.5. The molecule has 0 radical (unpaired) electrons. The van der Waals surface area contributed by atoms with E-state index in [9.17, 15) is 22.4 Å². The first-order valence-electron chi connectivity index (χ1n) is 13.0. The van der Waals surface area contributed by atoms with E-state index in [2.05, 4.69) is 5.32 Å². The zero-order valence-electron chi connectivity index (χ0n) is 22.6. The second-order valence-electron chi connectivity index (χ2n) is 9.43. The van der Waals surface area contributed by atoms with Gasteiger partial charge in [-0.05, 0) is 53.8 Å². The van der Waals surface area contributed by atoms with Crippen LogP contribution in [0.5, 0.6) is 0 Å². The normalized spacial score (nSPS) is 12.0. The van der Waals surface area contributed by atoms with Gasteiger partial charge in [-0.25, -0.2) is 12.8 Å². The second kappa shape index (κ2) is 13.9. The minimum Gasteiger partial charge on any atom is -0.357 e. The summed E-state index contributed by atoms with van der Waals surface area (Å²) in [5.74, 6) is -1.00. The molecule has 0 aliphatic heterocycles. The van der Waals surface area contributed by atoms with Crippen LogP contribution in [0.1, 0.15) is 36.5 Å². The SMILES string of the molecule is CCc1ccc(N(CCCC(=O)N(Cc2ccc(F)cc2)C(Cc2ccccc2)C(=O)NC)S(C)(=O)=O)cc1. The van der Waals surface area contributed by atoms with Gasteiger partial charge in [-0.2, -0.15) is 0 Å². The van der Waals surface area contributed by atoms with E-state index in [0.29, 0.717) is 17.7 Å². The van der Waals surface area contributed by atoms with Crippen LogP contribution in [0.25, 0.3) is 0 Å². The van der Waals surface area contributed by atoms with Gasteiger partial charge in [-0.1, -0.05) is 61.5 Å². The number of anilines is 1. The van der Waals surface area contributed by atoms with Crippen LogP contribution in [-0.2, 0) is 39.0 Å². The summed E-state index contributed by atoms with van der Waals surface area (Å²) in [5, 5.41) is 2.66. The maximum atomic E-state index is 13.6. The van der Waals surface area contributed by atoms with Crippen molar-refractivity contribution in [3.8, 4) is 0 Å². The van der Waals surface area contributed by atoms with Crippen molar-refractivity contribution in [1.82, 2.24) is 10.2 Å². The number of nitrogens with zero attached hydrogens (tertiary/aromatic N) is 2. The van der Waals surface area contributed by atoms with Crippen molar-refractivity contribution in [1.29, 1.82) is 0 Å². The maximum absolute atomic E-state index is 13.6. The van der Waals surface area contributed by atoms with Crippen LogP contribution in [0, 0.1) is 5.82 Å². The summed E-state index contributed by atoms with van der Waals surface area (Å²) < 4.78 is 39.9. The molecule has 3 rings (SSSR count). The molecule has 0 fully saturated rings. The largest absolute Gasteiger partial charge is 0.357 e. The zero-order chi connectivity index (χ0) is 28.4. The van der Waals surface area contributed by atoms with E-state index in [1.54, 1.807) is 24.3 Å². The fraction of sp³-hybridized carbons (Fsp3) is 0.333. The quantitative estimate of drug-likeness (QED) is 0.342. The number of hydrogen-bond donors (Lipinski definition) is 1. The van der Waals surface area contributed by atoms with Crippen LogP contribution in [0.3, 0.4) is 0 Å². The minimum absolute atomic E-state index is 0.0303. The number of amides is 2. The van der Waals surface area contributed by atoms with E-state index in [0.717, 1.165) is 23.8 Å². The Hall–Kier alpha value is -3.72. The third-order valence-corrected chi connectivity index (χ3v) is 7.76. The first kappa shape index (κ1) is 29.8. The van der Waals surface area contributed by atoms with Crippen molar-refractivity contribution in [3.05, 3.63) is 101 Å². The number of hydrogen-bond acceptors (Lipinski definition) is 4. The van der Waals surface area contributed by atoms with Crippen molar-refractivity contribution >= 4 is 27.5 Å². The number of rotatable bonds is 13. The van der Waals surface area contributed by atoms with Crippen LogP contribution in [0.4, 0.5) is 10.1 Å². The number of carbonyl (C=O) groups is 2. The molecule has 1 atom stereocenters. The molecule has 0 saturated carbocycles. The van der Waals surface area contributed by atoms with E-state index in [1.165, 1.54) is 28.4 Å². The molecule has 1 unspecified atom stereocenters. The highest BCUT2D eigenvalue weighted by atomic mass is 32.2. The Balaban J connectivity index is 1.82. The number of halogens is 1. The molecule has 7 nitrogen and oxygen atoms in total. The first-order chi connectivity index (χ1) is 18.6. The van der Waals surface area contributed by atoms with Crippen molar-refractivity contribution in [2.24, 2.45) is 0 Å². The van der Waals surface area contributed by atoms with Gasteiger partial charge in [-0.3, -0.25) is 13.9 Å². The number of nitrogens with one attached hydrogen (secondary N) is 1. The van der Waals surface area contributed by atoms with Gasteiger partial charge in [0, 0.05) is 33.0 Å². The lowest BCUT2D eigenvalue weighted by molar-refractivity contribution is -0.141. The topological polar surface area (TPSA) is 86.8 Å². The molecule has 208 valence electrons. The van der Waals surface area contributed by atoms with Gasteiger partial charge in [0.2, 0.25) is 21.8 Å². The van der Waals surface area contributed by atoms with E-state index in [-0.39, 0.29) is 37.7 Å². The number of carbonyl (C=O) groups excluding carboxylic acids is 2. The summed E-state index contributed by atoms with van der Waals surface area (Å²) >= 11 is 0. The molecule has 0 aliphatic rings. The Morgan fingerprint density at radius 2 is 1.51 bits per heavy atom. The average molecular weight is 554 g/mol. The fourth-order valence-corrected chi connectivity index (χ4v) is 5.37. The summed E-state index contributed by atoms with van der Waals surface area (Å²) in [6.07, 6.45) is 2.57. The lowest BCUT2D eigenvalue weighted by Crippen LogP contribution is -2.49. The van der Waals surface area contributed by atoms with Gasteiger partial charge in [0.1, 0.15) is 11.9 Å². The van der Waals surface area contributed by atoms with Crippen molar-refractivity contribution in [2.75, 3.05) is 24.2 Å². The van der Waals surface area contributed by atoms with Crippen LogP contribution in [-0.4, -0.2) is 51.0 Å². The second-order valence-corrected chi connectivity index (χ2v) is 11.3. The van der Waals surface area contributed by atoms with E-state index in [1.807, 2.05) is 49.4 Å². The Morgan fingerprint density at radius 1 is 0.897 bits per heavy atom. The molecule has 0 bridgehead atoms. The van der Waals surface area contributed by atoms with Crippen molar-refractivity contribution < 1.29 is 22.4 Å². The molecule has 0 spiro atoms. The molecule has 0 saturated heterocycles. The highest BCUT2D eigenvalue weighted by Crippen LogP contribution is 2.21. The molecule has 39 heavy (non-hydrogen) atoms. The van der Waals surface area contributed by atoms with Gasteiger partial charge >= 0.3 is 0 Å². The van der Waals surface area contributed by atoms with Gasteiger partial charge in [0.05, 0.1) is 11.9 Å². The van der Waals surface area contributed by atoms with Crippen LogP contribution >= 0.6 is 0 Å².